The lowest BCUT2D eigenvalue weighted by Crippen LogP contribution is -2.04. The second-order valence-electron chi connectivity index (χ2n) is 2.76. The van der Waals surface area contributed by atoms with Gasteiger partial charge in [0.05, 0.1) is 17.2 Å². The minimum Gasteiger partial charge on any atom is -0.368 e. The molecule has 2 heterocycles. The van der Waals surface area contributed by atoms with Crippen molar-refractivity contribution in [1.82, 2.24) is 15.1 Å². The molecule has 0 atom stereocenters. The topological polar surface area (TPSA) is 89.9 Å². The van der Waals surface area contributed by atoms with Crippen LogP contribution in [0.15, 0.2) is 27.5 Å². The molecule has 0 aliphatic carbocycles. The largest absolute Gasteiger partial charge is 0.368 e. The van der Waals surface area contributed by atoms with Crippen LogP contribution in [-0.2, 0) is 6.54 Å². The van der Waals surface area contributed by atoms with Gasteiger partial charge in [0.2, 0.25) is 5.95 Å². The highest BCUT2D eigenvalue weighted by Gasteiger charge is 2.04. The molecule has 0 bridgehead atoms. The summed E-state index contributed by atoms with van der Waals surface area (Å²) in [5.74, 6) is 1.57. The Hall–Kier alpha value is -1.63. The maximum atomic E-state index is 5.46. The third kappa shape index (κ3) is 2.44. The van der Waals surface area contributed by atoms with Gasteiger partial charge < -0.3 is 15.6 Å². The second kappa shape index (κ2) is 4.26. The van der Waals surface area contributed by atoms with E-state index in [9.17, 15) is 0 Å². The van der Waals surface area contributed by atoms with Gasteiger partial charge in [-0.3, -0.25) is 0 Å². The fraction of sp³-hybridized carbons (Fsp3) is 0.125. The SMILES string of the molecule is Nc1ncc(Br)c(NCc2ccno2)n1. The van der Waals surface area contributed by atoms with E-state index in [-0.39, 0.29) is 5.95 Å². The van der Waals surface area contributed by atoms with Gasteiger partial charge in [-0.1, -0.05) is 5.16 Å². The van der Waals surface area contributed by atoms with E-state index in [2.05, 4.69) is 36.4 Å². The molecule has 0 saturated heterocycles. The number of hydrogen-bond acceptors (Lipinski definition) is 6. The van der Waals surface area contributed by atoms with E-state index >= 15 is 0 Å². The summed E-state index contributed by atoms with van der Waals surface area (Å²) in [5.41, 5.74) is 5.46. The summed E-state index contributed by atoms with van der Waals surface area (Å²) in [7, 11) is 0. The van der Waals surface area contributed by atoms with Crippen molar-refractivity contribution < 1.29 is 4.52 Å². The van der Waals surface area contributed by atoms with Gasteiger partial charge in [-0.25, -0.2) is 4.98 Å². The van der Waals surface area contributed by atoms with Crippen molar-refractivity contribution in [3.8, 4) is 0 Å². The summed E-state index contributed by atoms with van der Waals surface area (Å²) in [6.07, 6.45) is 3.17. The molecule has 2 rings (SSSR count). The zero-order valence-corrected chi connectivity index (χ0v) is 9.23. The summed E-state index contributed by atoms with van der Waals surface area (Å²) in [5, 5.41) is 6.63. The molecule has 15 heavy (non-hydrogen) atoms. The molecular formula is C8H8BrN5O. The lowest BCUT2D eigenvalue weighted by atomic mass is 10.4. The van der Waals surface area contributed by atoms with Crippen LogP contribution in [0.3, 0.4) is 0 Å². The molecule has 0 saturated carbocycles. The standard InChI is InChI=1S/C8H8BrN5O/c9-6-4-12-8(10)14-7(6)11-3-5-1-2-13-15-5/h1-2,4H,3H2,(H3,10,11,12,14). The number of nitrogen functional groups attached to an aromatic ring is 1. The van der Waals surface area contributed by atoms with E-state index < -0.39 is 0 Å². The fourth-order valence-electron chi connectivity index (χ4n) is 1.01. The zero-order chi connectivity index (χ0) is 10.7. The van der Waals surface area contributed by atoms with Crippen molar-refractivity contribution in [2.45, 2.75) is 6.54 Å². The maximum absolute atomic E-state index is 5.46. The minimum absolute atomic E-state index is 0.221. The summed E-state index contributed by atoms with van der Waals surface area (Å²) in [6, 6.07) is 1.77. The Bertz CT molecular complexity index is 444. The van der Waals surface area contributed by atoms with Crippen LogP contribution >= 0.6 is 15.9 Å². The molecule has 2 aromatic rings. The Morgan fingerprint density at radius 2 is 2.40 bits per heavy atom. The van der Waals surface area contributed by atoms with Crippen LogP contribution in [0.25, 0.3) is 0 Å². The Labute approximate surface area is 94.0 Å². The van der Waals surface area contributed by atoms with Crippen LogP contribution in [0.5, 0.6) is 0 Å². The van der Waals surface area contributed by atoms with Crippen molar-refractivity contribution in [2.75, 3.05) is 11.1 Å². The highest BCUT2D eigenvalue weighted by Crippen LogP contribution is 2.19. The third-order valence-electron chi connectivity index (χ3n) is 1.68. The number of nitrogens with one attached hydrogen (secondary N) is 1. The Balaban J connectivity index is 2.07. The number of nitrogens with zero attached hydrogens (tertiary/aromatic N) is 3. The van der Waals surface area contributed by atoms with Gasteiger partial charge in [0, 0.05) is 12.3 Å². The third-order valence-corrected chi connectivity index (χ3v) is 2.26. The minimum atomic E-state index is 0.221. The molecule has 3 N–H and O–H groups in total. The molecule has 78 valence electrons. The number of hydrogen-bond donors (Lipinski definition) is 2. The Kier molecular flexibility index (Phi) is 2.82. The lowest BCUT2D eigenvalue weighted by Gasteiger charge is -2.05. The van der Waals surface area contributed by atoms with Crippen LogP contribution in [0.4, 0.5) is 11.8 Å². The van der Waals surface area contributed by atoms with Gasteiger partial charge in [-0.15, -0.1) is 0 Å². The highest BCUT2D eigenvalue weighted by atomic mass is 79.9. The van der Waals surface area contributed by atoms with Crippen LogP contribution in [0.1, 0.15) is 5.76 Å². The van der Waals surface area contributed by atoms with Gasteiger partial charge in [-0.05, 0) is 15.9 Å². The lowest BCUT2D eigenvalue weighted by molar-refractivity contribution is 0.388. The first-order chi connectivity index (χ1) is 7.25. The van der Waals surface area contributed by atoms with E-state index in [0.717, 1.165) is 10.2 Å². The number of halogens is 1. The van der Waals surface area contributed by atoms with Gasteiger partial charge in [0.25, 0.3) is 0 Å². The molecule has 0 amide bonds. The smallest absolute Gasteiger partial charge is 0.221 e. The van der Waals surface area contributed by atoms with Gasteiger partial charge in [0.1, 0.15) is 5.82 Å². The molecule has 0 spiro atoms. The summed E-state index contributed by atoms with van der Waals surface area (Å²) in [4.78, 5) is 7.85. The first-order valence-corrected chi connectivity index (χ1v) is 4.96. The molecule has 0 aliphatic heterocycles. The van der Waals surface area contributed by atoms with Gasteiger partial charge in [-0.2, -0.15) is 4.98 Å². The van der Waals surface area contributed by atoms with Crippen molar-refractivity contribution in [3.05, 3.63) is 28.7 Å². The molecule has 0 fully saturated rings. The predicted molar refractivity (Wildman–Crippen MR) is 58.0 cm³/mol. The average Bonchev–Trinajstić information content (AvgIpc) is 2.72. The molecule has 6 nitrogen and oxygen atoms in total. The average molecular weight is 270 g/mol. The van der Waals surface area contributed by atoms with Crippen molar-refractivity contribution in [1.29, 1.82) is 0 Å². The highest BCUT2D eigenvalue weighted by molar-refractivity contribution is 9.10. The first-order valence-electron chi connectivity index (χ1n) is 4.17. The number of rotatable bonds is 3. The van der Waals surface area contributed by atoms with E-state index in [1.807, 2.05) is 0 Å². The second-order valence-corrected chi connectivity index (χ2v) is 3.61. The molecule has 7 heteroatoms. The number of aromatic nitrogens is 3. The molecule has 0 aliphatic rings. The number of anilines is 2. The van der Waals surface area contributed by atoms with Crippen molar-refractivity contribution in [2.24, 2.45) is 0 Å². The van der Waals surface area contributed by atoms with Crippen LogP contribution in [0, 0.1) is 0 Å². The first kappa shape index (κ1) is 9.91. The Morgan fingerprint density at radius 1 is 1.53 bits per heavy atom. The monoisotopic (exact) mass is 269 g/mol. The van der Waals surface area contributed by atoms with Crippen LogP contribution in [0.2, 0.25) is 0 Å². The predicted octanol–water partition coefficient (Wildman–Crippen LogP) is 1.42. The van der Waals surface area contributed by atoms with Crippen LogP contribution < -0.4 is 11.1 Å². The zero-order valence-electron chi connectivity index (χ0n) is 7.64. The van der Waals surface area contributed by atoms with E-state index in [1.54, 1.807) is 18.5 Å². The quantitative estimate of drug-likeness (QED) is 0.876. The maximum Gasteiger partial charge on any atom is 0.221 e. The molecule has 0 unspecified atom stereocenters. The van der Waals surface area contributed by atoms with Gasteiger partial charge in [0.15, 0.2) is 5.76 Å². The molecular weight excluding hydrogens is 262 g/mol. The Morgan fingerprint density at radius 3 is 3.13 bits per heavy atom. The van der Waals surface area contributed by atoms with Crippen molar-refractivity contribution >= 4 is 27.7 Å². The molecule has 0 aromatic carbocycles. The molecule has 0 radical (unpaired) electrons. The summed E-state index contributed by atoms with van der Waals surface area (Å²) in [6.45, 7) is 0.495. The molecule has 2 aromatic heterocycles. The van der Waals surface area contributed by atoms with E-state index in [0.29, 0.717) is 12.4 Å². The van der Waals surface area contributed by atoms with Gasteiger partial charge >= 0.3 is 0 Å². The normalized spacial score (nSPS) is 10.2. The van der Waals surface area contributed by atoms with Crippen molar-refractivity contribution in [3.63, 3.8) is 0 Å². The number of nitrogens with two attached hydrogens (primary N) is 1. The van der Waals surface area contributed by atoms with E-state index in [1.165, 1.54) is 0 Å². The fourth-order valence-corrected chi connectivity index (χ4v) is 1.34. The summed E-state index contributed by atoms with van der Waals surface area (Å²) >= 11 is 3.31. The van der Waals surface area contributed by atoms with E-state index in [4.69, 9.17) is 10.3 Å². The van der Waals surface area contributed by atoms with Crippen LogP contribution in [-0.4, -0.2) is 15.1 Å². The summed E-state index contributed by atoms with van der Waals surface area (Å²) < 4.78 is 5.67.